The van der Waals surface area contributed by atoms with Gasteiger partial charge in [0.05, 0.1) is 38.5 Å². The van der Waals surface area contributed by atoms with Crippen LogP contribution in [0.4, 0.5) is 0 Å². The Labute approximate surface area is 244 Å². The van der Waals surface area contributed by atoms with E-state index in [9.17, 15) is 45.6 Å². The molecular weight excluding hydrogens is 556 g/mol. The number of hydrogen-bond acceptors (Lipinski definition) is 12. The van der Waals surface area contributed by atoms with Gasteiger partial charge in [0, 0.05) is 37.8 Å². The Balaban J connectivity index is 2.06. The Bertz CT molecular complexity index is 1070. The Hall–Kier alpha value is -2.28. The first-order valence-corrected chi connectivity index (χ1v) is 14.1. The molecule has 8 atom stereocenters. The SMILES string of the molecule is CCn1c[n+](CC)c2ccc(C(=O)NCCCN(C[C@H](O)[C@@H](O)[C@H](O)[C@H](O)CO)C[C@H](O)[C@@H](O)[C@H](O)[C@H](O)CO)cc21. The predicted octanol–water partition coefficient (Wildman–Crippen LogP) is -4.74. The van der Waals surface area contributed by atoms with Crippen molar-refractivity contribution in [2.24, 2.45) is 0 Å². The number of aryl methyl sites for hydroxylation is 2. The van der Waals surface area contributed by atoms with Gasteiger partial charge >= 0.3 is 0 Å². The van der Waals surface area contributed by atoms with Crippen molar-refractivity contribution >= 4 is 16.9 Å². The molecule has 15 nitrogen and oxygen atoms in total. The first kappa shape index (κ1) is 35.9. The molecule has 0 fully saturated rings. The maximum absolute atomic E-state index is 12.8. The smallest absolute Gasteiger partial charge is 0.251 e. The van der Waals surface area contributed by atoms with Crippen LogP contribution in [0.1, 0.15) is 30.6 Å². The Kier molecular flexibility index (Phi) is 14.6. The van der Waals surface area contributed by atoms with Gasteiger partial charge in [0.2, 0.25) is 6.33 Å². The van der Waals surface area contributed by atoms with Crippen LogP contribution in [0.25, 0.3) is 11.0 Å². The number of imidazole rings is 1. The lowest BCUT2D eigenvalue weighted by molar-refractivity contribution is -0.668. The lowest BCUT2D eigenvalue weighted by Gasteiger charge is -2.33. The number of rotatable bonds is 19. The van der Waals surface area contributed by atoms with E-state index in [2.05, 4.69) is 9.88 Å². The molecule has 0 aliphatic carbocycles. The van der Waals surface area contributed by atoms with Crippen LogP contribution in [0, 0.1) is 0 Å². The summed E-state index contributed by atoms with van der Waals surface area (Å²) in [6.45, 7) is 3.34. The van der Waals surface area contributed by atoms with Crippen molar-refractivity contribution in [3.63, 3.8) is 0 Å². The molecule has 1 amide bonds. The molecule has 0 unspecified atom stereocenters. The minimum Gasteiger partial charge on any atom is -0.394 e. The molecule has 0 aliphatic rings. The van der Waals surface area contributed by atoms with E-state index in [1.165, 1.54) is 4.90 Å². The van der Waals surface area contributed by atoms with Crippen LogP contribution in [-0.2, 0) is 13.1 Å². The highest BCUT2D eigenvalue weighted by Crippen LogP contribution is 2.15. The van der Waals surface area contributed by atoms with Gasteiger partial charge < -0.3 is 56.4 Å². The zero-order valence-corrected chi connectivity index (χ0v) is 24.0. The summed E-state index contributed by atoms with van der Waals surface area (Å²) in [5.74, 6) is -0.316. The number of aliphatic hydroxyl groups excluding tert-OH is 10. The van der Waals surface area contributed by atoms with E-state index in [4.69, 9.17) is 10.2 Å². The Morgan fingerprint density at radius 3 is 1.86 bits per heavy atom. The standard InChI is InChI=1S/C27H46N4O11/c1-3-30-15-31(4-2)18-10-16(6-7-17(18)30)27(42)28-8-5-9-29(11-19(34)23(38)25(40)21(36)13-32)12-20(35)24(39)26(41)22(37)14-33/h6-7,10,15,19-26,32-41H,3-5,8-9,11-14H2,1-2H3/p+1/t19-,20-,21+,22+,23+,24+,25+,26+/m0/s1. The van der Waals surface area contributed by atoms with Gasteiger partial charge in [0.1, 0.15) is 36.6 Å². The number of carbonyl (C=O) groups is 1. The highest BCUT2D eigenvalue weighted by Gasteiger charge is 2.34. The predicted molar refractivity (Wildman–Crippen MR) is 149 cm³/mol. The molecule has 0 aliphatic heterocycles. The summed E-state index contributed by atoms with van der Waals surface area (Å²) in [5.41, 5.74) is 2.38. The van der Waals surface area contributed by atoms with Gasteiger partial charge in [-0.2, -0.15) is 0 Å². The maximum Gasteiger partial charge on any atom is 0.251 e. The fraction of sp³-hybridized carbons (Fsp3) is 0.704. The van der Waals surface area contributed by atoms with Crippen LogP contribution in [0.15, 0.2) is 24.5 Å². The molecule has 15 heteroatoms. The van der Waals surface area contributed by atoms with Crippen molar-refractivity contribution in [1.29, 1.82) is 0 Å². The van der Waals surface area contributed by atoms with Gasteiger partial charge in [-0.1, -0.05) is 0 Å². The van der Waals surface area contributed by atoms with E-state index >= 15 is 0 Å². The van der Waals surface area contributed by atoms with E-state index in [0.29, 0.717) is 5.56 Å². The average Bonchev–Trinajstić information content (AvgIpc) is 3.37. The molecule has 0 bridgehead atoms. The molecule has 1 aromatic heterocycles. The number of fused-ring (bicyclic) bond motifs is 1. The third-order valence-corrected chi connectivity index (χ3v) is 7.29. The van der Waals surface area contributed by atoms with Crippen LogP contribution in [-0.4, -0.2) is 155 Å². The first-order chi connectivity index (χ1) is 19.9. The second kappa shape index (κ2) is 17.1. The van der Waals surface area contributed by atoms with Gasteiger partial charge in [-0.05, 0) is 32.4 Å². The number of aromatic nitrogens is 2. The van der Waals surface area contributed by atoms with Crippen LogP contribution in [0.2, 0.25) is 0 Å². The van der Waals surface area contributed by atoms with Gasteiger partial charge in [-0.25, -0.2) is 9.13 Å². The van der Waals surface area contributed by atoms with Crippen molar-refractivity contribution in [2.45, 2.75) is 82.2 Å². The zero-order chi connectivity index (χ0) is 31.6. The molecule has 240 valence electrons. The fourth-order valence-electron chi connectivity index (χ4n) is 4.67. The lowest BCUT2D eigenvalue weighted by Crippen LogP contribution is -2.53. The molecule has 0 saturated heterocycles. The summed E-state index contributed by atoms with van der Waals surface area (Å²) in [4.78, 5) is 14.2. The van der Waals surface area contributed by atoms with Crippen molar-refractivity contribution < 1.29 is 60.4 Å². The monoisotopic (exact) mass is 603 g/mol. The molecule has 42 heavy (non-hydrogen) atoms. The molecule has 0 radical (unpaired) electrons. The third-order valence-electron chi connectivity index (χ3n) is 7.29. The van der Waals surface area contributed by atoms with Crippen LogP contribution >= 0.6 is 0 Å². The van der Waals surface area contributed by atoms with Crippen LogP contribution in [0.3, 0.4) is 0 Å². The van der Waals surface area contributed by atoms with Gasteiger partial charge in [0.25, 0.3) is 5.91 Å². The van der Waals surface area contributed by atoms with Crippen LogP contribution in [0.5, 0.6) is 0 Å². The highest BCUT2D eigenvalue weighted by atomic mass is 16.4. The molecule has 2 aromatic rings. The fourth-order valence-corrected chi connectivity index (χ4v) is 4.67. The number of nitrogens with one attached hydrogen (secondary N) is 1. The molecule has 0 spiro atoms. The van der Waals surface area contributed by atoms with E-state index in [1.54, 1.807) is 12.1 Å². The van der Waals surface area contributed by atoms with Gasteiger partial charge in [-0.3, -0.25) is 9.69 Å². The maximum atomic E-state index is 12.8. The van der Waals surface area contributed by atoms with E-state index < -0.39 is 62.0 Å². The van der Waals surface area contributed by atoms with E-state index in [1.807, 2.05) is 30.8 Å². The van der Waals surface area contributed by atoms with Crippen molar-refractivity contribution in [1.82, 2.24) is 14.8 Å². The second-order valence-corrected chi connectivity index (χ2v) is 10.4. The van der Waals surface area contributed by atoms with Crippen molar-refractivity contribution in [2.75, 3.05) is 39.4 Å². The average molecular weight is 604 g/mol. The summed E-state index contributed by atoms with van der Waals surface area (Å²) in [7, 11) is 0. The lowest BCUT2D eigenvalue weighted by atomic mass is 10.0. The minimum absolute atomic E-state index is 0.0966. The number of benzene rings is 1. The van der Waals surface area contributed by atoms with Crippen molar-refractivity contribution in [3.05, 3.63) is 30.1 Å². The summed E-state index contributed by atoms with van der Waals surface area (Å²) >= 11 is 0. The molecule has 0 saturated carbocycles. The number of aliphatic hydroxyl groups is 10. The summed E-state index contributed by atoms with van der Waals surface area (Å²) in [6.07, 6.45) is -12.0. The summed E-state index contributed by atoms with van der Waals surface area (Å²) in [6, 6.07) is 5.41. The number of nitrogens with zero attached hydrogens (tertiary/aromatic N) is 3. The molecular formula is C27H47N4O11+. The number of carbonyl (C=O) groups excluding carboxylic acids is 1. The summed E-state index contributed by atoms with van der Waals surface area (Å²) < 4.78 is 4.12. The minimum atomic E-state index is -1.87. The highest BCUT2D eigenvalue weighted by molar-refractivity contribution is 5.97. The van der Waals surface area contributed by atoms with Crippen molar-refractivity contribution in [3.8, 4) is 0 Å². The normalized spacial score (nSPS) is 17.9. The van der Waals surface area contributed by atoms with Gasteiger partial charge in [0.15, 0.2) is 11.0 Å². The first-order valence-electron chi connectivity index (χ1n) is 14.1. The van der Waals surface area contributed by atoms with E-state index in [-0.39, 0.29) is 38.5 Å². The Morgan fingerprint density at radius 1 is 0.857 bits per heavy atom. The van der Waals surface area contributed by atoms with Gasteiger partial charge in [-0.15, -0.1) is 0 Å². The molecule has 2 rings (SSSR count). The molecule has 11 N–H and O–H groups in total. The quantitative estimate of drug-likeness (QED) is 0.0536. The van der Waals surface area contributed by atoms with Crippen LogP contribution < -0.4 is 9.88 Å². The molecule has 1 aromatic carbocycles. The summed E-state index contributed by atoms with van der Waals surface area (Å²) in [5, 5.41) is 101. The number of hydrogen-bond donors (Lipinski definition) is 11. The largest absolute Gasteiger partial charge is 0.394 e. The zero-order valence-electron chi connectivity index (χ0n) is 24.0. The third kappa shape index (κ3) is 9.36. The van der Waals surface area contributed by atoms with E-state index in [0.717, 1.165) is 24.1 Å². The number of amides is 1. The molecule has 1 heterocycles. The topological polar surface area (TPSA) is 243 Å². The second-order valence-electron chi connectivity index (χ2n) is 10.4. The Morgan fingerprint density at radius 2 is 1.38 bits per heavy atom.